The molecule has 0 aliphatic carbocycles. The summed E-state index contributed by atoms with van der Waals surface area (Å²) in [6, 6.07) is -0.534. The number of hydrogen-bond donors (Lipinski definition) is 2. The van der Waals surface area contributed by atoms with Gasteiger partial charge in [-0.2, -0.15) is 0 Å². The highest BCUT2D eigenvalue weighted by Crippen LogP contribution is 2.00. The fraction of sp³-hybridized carbons (Fsp3) is 0.545. The number of carbonyl (C=O) groups excluding carboxylic acids is 2. The summed E-state index contributed by atoms with van der Waals surface area (Å²) >= 11 is 0. The lowest BCUT2D eigenvalue weighted by atomic mass is 10.3. The largest absolute Gasteiger partial charge is 0.478 e. The molecule has 0 unspecified atom stereocenters. The van der Waals surface area contributed by atoms with Crippen LogP contribution in [0, 0.1) is 0 Å². The van der Waals surface area contributed by atoms with Gasteiger partial charge in [0.05, 0.1) is 0 Å². The van der Waals surface area contributed by atoms with Crippen LogP contribution in [-0.2, 0) is 9.59 Å². The lowest BCUT2D eigenvalue weighted by Gasteiger charge is -2.25. The van der Waals surface area contributed by atoms with Crippen LogP contribution >= 0.6 is 0 Å². The van der Waals surface area contributed by atoms with E-state index in [9.17, 15) is 14.4 Å². The first-order valence-electron chi connectivity index (χ1n) is 5.41. The van der Waals surface area contributed by atoms with Crippen LogP contribution < -0.4 is 5.32 Å². The molecule has 0 aromatic heterocycles. The second kappa shape index (κ2) is 7.43. The zero-order valence-electron chi connectivity index (χ0n) is 10.3. The maximum Gasteiger partial charge on any atom is 0.328 e. The minimum absolute atomic E-state index is 0.0220. The number of urea groups is 1. The van der Waals surface area contributed by atoms with Crippen molar-refractivity contribution >= 4 is 17.9 Å². The topological polar surface area (TPSA) is 86.7 Å². The highest BCUT2D eigenvalue weighted by molar-refractivity contribution is 6.02. The Balaban J connectivity index is 4.40. The van der Waals surface area contributed by atoms with E-state index >= 15 is 0 Å². The SMILES string of the molecule is CCCN(C(=O)NC(=O)/C=C/C(=O)O)C(C)C. The first kappa shape index (κ1) is 15.2. The number of nitrogens with zero attached hydrogens (tertiary/aromatic N) is 1. The Morgan fingerprint density at radius 1 is 1.29 bits per heavy atom. The number of imide groups is 1. The molecule has 0 saturated heterocycles. The summed E-state index contributed by atoms with van der Waals surface area (Å²) in [4.78, 5) is 34.5. The molecule has 0 aliphatic rings. The van der Waals surface area contributed by atoms with E-state index in [1.807, 2.05) is 20.8 Å². The Hall–Kier alpha value is -1.85. The highest BCUT2D eigenvalue weighted by atomic mass is 16.4. The van der Waals surface area contributed by atoms with Crippen molar-refractivity contribution in [1.29, 1.82) is 0 Å². The fourth-order valence-corrected chi connectivity index (χ4v) is 1.20. The van der Waals surface area contributed by atoms with E-state index in [-0.39, 0.29) is 6.04 Å². The summed E-state index contributed by atoms with van der Waals surface area (Å²) in [5, 5.41) is 10.4. The maximum atomic E-state index is 11.6. The predicted octanol–water partition coefficient (Wildman–Crippen LogP) is 0.984. The first-order valence-corrected chi connectivity index (χ1v) is 5.41. The maximum absolute atomic E-state index is 11.6. The van der Waals surface area contributed by atoms with Crippen LogP contribution in [0.1, 0.15) is 27.2 Å². The van der Waals surface area contributed by atoms with Crippen LogP contribution in [0.4, 0.5) is 4.79 Å². The van der Waals surface area contributed by atoms with Gasteiger partial charge in [-0.15, -0.1) is 0 Å². The van der Waals surface area contributed by atoms with Crippen molar-refractivity contribution in [3.05, 3.63) is 12.2 Å². The van der Waals surface area contributed by atoms with Gasteiger partial charge in [0.2, 0.25) is 0 Å². The van der Waals surface area contributed by atoms with Gasteiger partial charge in [0, 0.05) is 24.7 Å². The second-order valence-corrected chi connectivity index (χ2v) is 3.75. The quantitative estimate of drug-likeness (QED) is 0.704. The number of carbonyl (C=O) groups is 3. The van der Waals surface area contributed by atoms with Crippen molar-refractivity contribution in [3.63, 3.8) is 0 Å². The number of carboxylic acid groups (broad SMARTS) is 1. The number of nitrogens with one attached hydrogen (secondary N) is 1. The van der Waals surface area contributed by atoms with Gasteiger partial charge in [-0.05, 0) is 20.3 Å². The molecule has 0 aromatic rings. The number of amides is 3. The predicted molar refractivity (Wildman–Crippen MR) is 62.4 cm³/mol. The van der Waals surface area contributed by atoms with Crippen LogP contribution in [0.5, 0.6) is 0 Å². The van der Waals surface area contributed by atoms with Crippen LogP contribution in [0.15, 0.2) is 12.2 Å². The van der Waals surface area contributed by atoms with Crippen molar-refractivity contribution < 1.29 is 19.5 Å². The van der Waals surface area contributed by atoms with E-state index in [0.717, 1.165) is 12.5 Å². The van der Waals surface area contributed by atoms with E-state index in [2.05, 4.69) is 5.32 Å². The van der Waals surface area contributed by atoms with Gasteiger partial charge in [0.15, 0.2) is 0 Å². The van der Waals surface area contributed by atoms with E-state index in [1.165, 1.54) is 4.90 Å². The molecule has 0 fully saturated rings. The van der Waals surface area contributed by atoms with E-state index in [0.29, 0.717) is 12.6 Å². The van der Waals surface area contributed by atoms with E-state index < -0.39 is 17.9 Å². The minimum atomic E-state index is -1.23. The lowest BCUT2D eigenvalue weighted by molar-refractivity contribution is -0.131. The molecule has 17 heavy (non-hydrogen) atoms. The molecule has 0 radical (unpaired) electrons. The van der Waals surface area contributed by atoms with Gasteiger partial charge in [0.25, 0.3) is 5.91 Å². The molecule has 0 heterocycles. The normalized spacial score (nSPS) is 10.6. The Kier molecular flexibility index (Phi) is 6.62. The van der Waals surface area contributed by atoms with Crippen molar-refractivity contribution in [1.82, 2.24) is 10.2 Å². The molecule has 0 rings (SSSR count). The van der Waals surface area contributed by atoms with Crippen LogP contribution in [0.25, 0.3) is 0 Å². The number of hydrogen-bond acceptors (Lipinski definition) is 3. The third-order valence-corrected chi connectivity index (χ3v) is 1.96. The Morgan fingerprint density at radius 3 is 2.29 bits per heavy atom. The molecule has 0 aromatic carbocycles. The number of aliphatic carboxylic acids is 1. The van der Waals surface area contributed by atoms with Crippen LogP contribution in [0.3, 0.4) is 0 Å². The Morgan fingerprint density at radius 2 is 1.88 bits per heavy atom. The summed E-state index contributed by atoms with van der Waals surface area (Å²) in [6.45, 7) is 6.15. The molecule has 6 nitrogen and oxygen atoms in total. The highest BCUT2D eigenvalue weighted by Gasteiger charge is 2.17. The molecule has 2 N–H and O–H groups in total. The molecule has 0 aliphatic heterocycles. The molecular weight excluding hydrogens is 224 g/mol. The summed E-state index contributed by atoms with van der Waals surface area (Å²) in [5.74, 6) is -1.97. The van der Waals surface area contributed by atoms with E-state index in [1.54, 1.807) is 0 Å². The molecule has 6 heteroatoms. The van der Waals surface area contributed by atoms with Gasteiger partial charge in [0.1, 0.15) is 0 Å². The van der Waals surface area contributed by atoms with Gasteiger partial charge >= 0.3 is 12.0 Å². The summed E-state index contributed by atoms with van der Waals surface area (Å²) in [6.07, 6.45) is 2.28. The van der Waals surface area contributed by atoms with E-state index in [4.69, 9.17) is 5.11 Å². The standard InChI is InChI=1S/C11H18N2O4/c1-4-7-13(8(2)3)11(17)12-9(14)5-6-10(15)16/h5-6,8H,4,7H2,1-3H3,(H,15,16)(H,12,14,17)/b6-5+. The summed E-state index contributed by atoms with van der Waals surface area (Å²) in [7, 11) is 0. The van der Waals surface area contributed by atoms with Crippen molar-refractivity contribution in [2.75, 3.05) is 6.54 Å². The second-order valence-electron chi connectivity index (χ2n) is 3.75. The summed E-state index contributed by atoms with van der Waals surface area (Å²) in [5.41, 5.74) is 0. The van der Waals surface area contributed by atoms with Gasteiger partial charge in [-0.1, -0.05) is 6.92 Å². The van der Waals surface area contributed by atoms with Crippen LogP contribution in [0.2, 0.25) is 0 Å². The fourth-order valence-electron chi connectivity index (χ4n) is 1.20. The van der Waals surface area contributed by atoms with Gasteiger partial charge in [-0.25, -0.2) is 9.59 Å². The number of rotatable bonds is 5. The Labute approximate surface area is 100 Å². The number of carboxylic acids is 1. The summed E-state index contributed by atoms with van der Waals surface area (Å²) < 4.78 is 0. The third-order valence-electron chi connectivity index (χ3n) is 1.96. The molecule has 3 amide bonds. The average molecular weight is 242 g/mol. The lowest BCUT2D eigenvalue weighted by Crippen LogP contribution is -2.46. The zero-order chi connectivity index (χ0) is 13.4. The molecule has 0 spiro atoms. The molecule has 96 valence electrons. The minimum Gasteiger partial charge on any atom is -0.478 e. The third kappa shape index (κ3) is 6.34. The molecular formula is C11H18N2O4. The van der Waals surface area contributed by atoms with Crippen molar-refractivity contribution in [2.45, 2.75) is 33.2 Å². The van der Waals surface area contributed by atoms with Gasteiger partial charge < -0.3 is 10.0 Å². The zero-order valence-corrected chi connectivity index (χ0v) is 10.3. The monoisotopic (exact) mass is 242 g/mol. The Bertz CT molecular complexity index is 323. The molecule has 0 saturated carbocycles. The van der Waals surface area contributed by atoms with Crippen LogP contribution in [-0.4, -0.2) is 40.5 Å². The average Bonchev–Trinajstić information content (AvgIpc) is 2.22. The van der Waals surface area contributed by atoms with Crippen molar-refractivity contribution in [2.24, 2.45) is 0 Å². The van der Waals surface area contributed by atoms with Crippen molar-refractivity contribution in [3.8, 4) is 0 Å². The smallest absolute Gasteiger partial charge is 0.328 e. The first-order chi connectivity index (χ1) is 7.88. The van der Waals surface area contributed by atoms with Gasteiger partial charge in [-0.3, -0.25) is 10.1 Å². The molecule has 0 bridgehead atoms. The molecule has 0 atom stereocenters.